The molecule has 0 saturated heterocycles. The Bertz CT molecular complexity index is 7160. The van der Waals surface area contributed by atoms with Crippen LogP contribution < -0.4 is 22.8 Å². The lowest BCUT2D eigenvalue weighted by atomic mass is 9.48. The second kappa shape index (κ2) is 37.5. The summed E-state index contributed by atoms with van der Waals surface area (Å²) >= 11 is 0. The first kappa shape index (κ1) is 85.0. The number of pyridine rings is 9. The lowest BCUT2D eigenvalue weighted by Crippen LogP contribution is -2.48. The maximum atomic E-state index is 14.6. The molecule has 15 aromatic rings. The van der Waals surface area contributed by atoms with E-state index in [2.05, 4.69) is 290 Å². The molecule has 10 heteroatoms. The monoisotopic (exact) mass is 1710 g/mol. The molecule has 4 aliphatic carbocycles. The van der Waals surface area contributed by atoms with Crippen molar-refractivity contribution < 1.29 is 35.5 Å². The number of benzene rings is 6. The summed E-state index contributed by atoms with van der Waals surface area (Å²) in [5.41, 5.74) is 37.8. The highest BCUT2D eigenvalue weighted by Crippen LogP contribution is 2.61. The van der Waals surface area contributed by atoms with Crippen LogP contribution in [0.2, 0.25) is 0 Å². The van der Waals surface area contributed by atoms with Crippen LogP contribution in [0.3, 0.4) is 0 Å². The van der Waals surface area contributed by atoms with Crippen molar-refractivity contribution in [2.45, 2.75) is 259 Å². The quantitative estimate of drug-likeness (QED) is 0.114. The highest BCUT2D eigenvalue weighted by atomic mass is 19.1. The topological polar surface area (TPSA) is 71.0 Å². The number of halogens is 1. The van der Waals surface area contributed by atoms with Crippen LogP contribution in [0.5, 0.6) is 0 Å². The molecule has 9 nitrogen and oxygen atoms in total. The number of nitrogens with zero attached hydrogens (tertiary/aromatic N) is 9. The molecule has 0 spiro atoms. The van der Waals surface area contributed by atoms with E-state index in [9.17, 15) is 4.39 Å². The highest BCUT2D eigenvalue weighted by molar-refractivity contribution is 5.97. The molecule has 0 unspecified atom stereocenters. The maximum absolute atomic E-state index is 14.6. The van der Waals surface area contributed by atoms with Crippen LogP contribution in [0, 0.1) is 121 Å². The van der Waals surface area contributed by atoms with Crippen LogP contribution in [0.25, 0.3) is 111 Å². The fraction of sp³-hybridized carbons (Fsp3) is 0.398. The van der Waals surface area contributed by atoms with Gasteiger partial charge in [0, 0.05) is 86.2 Å². The van der Waals surface area contributed by atoms with Gasteiger partial charge in [-0.25, -0.2) is 8.96 Å². The van der Waals surface area contributed by atoms with Crippen LogP contribution in [-0.4, -0.2) is 19.9 Å². The zero-order valence-corrected chi connectivity index (χ0v) is 82.6. The van der Waals surface area contributed by atoms with Gasteiger partial charge in [0.25, 0.3) is 0 Å². The van der Waals surface area contributed by atoms with Crippen molar-refractivity contribution in [1.82, 2.24) is 19.9 Å². The molecule has 4 aliphatic rings. The van der Waals surface area contributed by atoms with Gasteiger partial charge in [-0.2, -0.15) is 18.3 Å². The standard InChI is InChI=1S/C30H35FN.C25H33N2.C22H27N2.C21H25N2.C20H23N2/c1-17-8-27(19(3)20(4)28(17)31)29-26-7-6-25(13-24(26)9-18(2)32(29)5)30-14-21-10-22(15-30)12-23(11-21)16-30;1-15(2)19-13-21(16(3)4)18(7)22(14-19)25-20-9-10-23(17(5)6)26-24(20)11-12-27(25)8;1-13(2)20-9-8-18-21(23-20)12-16(5)24(7)22(18)19-11-14(3)10-15(4)17(19)6;1-13(2)19-10-9-17-20(22-19)12-16(5)23(6)21(17)18-11-14(3)7-8-15(18)4;1-13(2)18-11-10-17-19(21-18)12-15(4)22(5)20(17)16-9-7-6-8-14(16)3/h6-9,13,21-23H,10-12,14-16H2,1-5H3;9-17H,1-8H3;8-13H,1-7H3;7-13H,1-6H3;6-13H,1-5H3/q5*+1/i9D;11D,12D;3*12D. The lowest BCUT2D eigenvalue weighted by Gasteiger charge is -2.57. The van der Waals surface area contributed by atoms with Crippen LogP contribution in [0.4, 0.5) is 4.39 Å². The molecule has 9 aromatic heterocycles. The third-order valence-electron chi connectivity index (χ3n) is 28.6. The largest absolute Gasteiger partial charge is 0.252 e. The van der Waals surface area contributed by atoms with Gasteiger partial charge in [-0.3, -0.25) is 19.9 Å². The Morgan fingerprint density at radius 2 is 0.758 bits per heavy atom. The van der Waals surface area contributed by atoms with Gasteiger partial charge in [0.15, 0.2) is 28.9 Å². The highest BCUT2D eigenvalue weighted by Gasteiger charge is 2.52. The minimum atomic E-state index is -0.110. The summed E-state index contributed by atoms with van der Waals surface area (Å²) < 4.78 is 76.7. The number of rotatable bonds is 12. The molecular formula is C118H143FN9+5. The zero-order chi connectivity index (χ0) is 97.6. The van der Waals surface area contributed by atoms with Gasteiger partial charge in [-0.1, -0.05) is 149 Å². The van der Waals surface area contributed by atoms with E-state index in [4.69, 9.17) is 28.2 Å². The van der Waals surface area contributed by atoms with Gasteiger partial charge in [-0.05, 0) is 318 Å². The molecular weight excluding hydrogens is 1560 g/mol. The first-order valence-corrected chi connectivity index (χ1v) is 46.9. The summed E-state index contributed by atoms with van der Waals surface area (Å²) in [5.74, 6) is 4.78. The number of aryl methyl sites for hydroxylation is 6. The first-order chi connectivity index (χ1) is 63.2. The molecule has 4 saturated carbocycles. The van der Waals surface area contributed by atoms with E-state index < -0.39 is 0 Å². The van der Waals surface area contributed by atoms with Crippen LogP contribution in [0.15, 0.2) is 176 Å². The summed E-state index contributed by atoms with van der Waals surface area (Å²) in [6.45, 7) is 54.8. The van der Waals surface area contributed by atoms with Gasteiger partial charge in [0.1, 0.15) is 42.4 Å². The molecule has 0 aliphatic heterocycles. The lowest BCUT2D eigenvalue weighted by molar-refractivity contribution is -0.665. The van der Waals surface area contributed by atoms with E-state index in [1.807, 2.05) is 87.3 Å². The van der Waals surface area contributed by atoms with E-state index >= 15 is 0 Å². The van der Waals surface area contributed by atoms with Crippen LogP contribution >= 0.6 is 0 Å². The fourth-order valence-corrected chi connectivity index (χ4v) is 20.8. The zero-order valence-electron chi connectivity index (χ0n) is 88.6. The summed E-state index contributed by atoms with van der Waals surface area (Å²) in [5, 5.41) is 6.24. The van der Waals surface area contributed by atoms with Crippen molar-refractivity contribution in [2.75, 3.05) is 0 Å². The number of hydrogen-bond donors (Lipinski definition) is 0. The predicted molar refractivity (Wildman–Crippen MR) is 535 cm³/mol. The van der Waals surface area contributed by atoms with Crippen molar-refractivity contribution in [3.8, 4) is 56.3 Å². The minimum Gasteiger partial charge on any atom is -0.252 e. The van der Waals surface area contributed by atoms with Crippen molar-refractivity contribution in [1.29, 1.82) is 0 Å². The fourth-order valence-electron chi connectivity index (χ4n) is 20.8. The summed E-state index contributed by atoms with van der Waals surface area (Å²) in [6.07, 6.45) is 8.52. The van der Waals surface area contributed by atoms with Crippen molar-refractivity contribution >= 4 is 54.4 Å². The van der Waals surface area contributed by atoms with E-state index in [1.165, 1.54) is 111 Å². The van der Waals surface area contributed by atoms with Crippen LogP contribution in [-0.2, 0) is 40.7 Å². The first-order valence-electron chi connectivity index (χ1n) is 49.9. The molecule has 0 radical (unpaired) electrons. The SMILES string of the molecule is [2H]c1c(C)[n+](C)c(-c2cc(C)c(F)c(C)c2C)c2ccc(C34CC5CC(CC(C5)C3)C4)cc12.[2H]c1c(C)[n+](C)c(-c2cc(C)cc(C)c2C)c2ccc(C(C)C)nc12.[2H]c1c(C)[n+](C)c(-c2cc(C)ccc2C)c2ccc(C(C)C)nc12.[2H]c1c(C)[n+](C)c(-c2ccccc2C)c2ccc(C(C)C)nc12.[2H]c1c([2H])[n+](C)c(-c2cc(C(C)C)cc(C(C)C)c2C)c2ccc(C(C)C)nc12. The Morgan fingerprint density at radius 1 is 0.344 bits per heavy atom. The maximum Gasteiger partial charge on any atom is 0.222 e. The Hall–Kier alpha value is -11.1. The Morgan fingerprint density at radius 3 is 1.23 bits per heavy atom. The average Bonchev–Trinajstić information content (AvgIpc) is 0.731. The van der Waals surface area contributed by atoms with Gasteiger partial charge in [0.05, 0.1) is 78.1 Å². The molecule has 6 aromatic carbocycles. The van der Waals surface area contributed by atoms with Gasteiger partial charge in [-0.15, -0.1) is 0 Å². The summed E-state index contributed by atoms with van der Waals surface area (Å²) in [6, 6.07) is 52.1. The molecule has 0 atom stereocenters. The van der Waals surface area contributed by atoms with Crippen molar-refractivity contribution in [3.05, 3.63) is 300 Å². The molecule has 19 rings (SSSR count). The molecule has 9 heterocycles. The second-order valence-corrected chi connectivity index (χ2v) is 40.0. The van der Waals surface area contributed by atoms with E-state index in [0.29, 0.717) is 70.3 Å². The Balaban J connectivity index is 0.000000135. The van der Waals surface area contributed by atoms with E-state index in [0.717, 1.165) is 163 Å². The van der Waals surface area contributed by atoms with Crippen molar-refractivity contribution in [2.24, 2.45) is 53.0 Å². The molecule has 0 N–H and O–H groups in total. The molecule has 128 heavy (non-hydrogen) atoms. The minimum absolute atomic E-state index is 0.110. The normalized spacial score (nSPS) is 16.5. The molecule has 662 valence electrons. The number of fused-ring (bicyclic) bond motifs is 5. The number of aromatic nitrogens is 9. The number of hydrogen-bond acceptors (Lipinski definition) is 4. The second-order valence-electron chi connectivity index (χ2n) is 40.0. The van der Waals surface area contributed by atoms with E-state index in [1.54, 1.807) is 0 Å². The average molecular weight is 1710 g/mol. The summed E-state index contributed by atoms with van der Waals surface area (Å²) in [4.78, 5) is 19.2. The van der Waals surface area contributed by atoms with Gasteiger partial charge < -0.3 is 0 Å². The third kappa shape index (κ3) is 18.5. The summed E-state index contributed by atoms with van der Waals surface area (Å²) in [7, 11) is 10.1. The smallest absolute Gasteiger partial charge is 0.222 e. The predicted octanol–water partition coefficient (Wildman–Crippen LogP) is 27.9. The van der Waals surface area contributed by atoms with E-state index in [-0.39, 0.29) is 24.0 Å². The molecule has 0 amide bonds. The van der Waals surface area contributed by atoms with Gasteiger partial charge in [0.2, 0.25) is 28.5 Å². The Labute approximate surface area is 773 Å². The molecule has 4 bridgehead atoms. The molecule has 4 fully saturated rings. The Kier molecular flexibility index (Phi) is 24.9. The third-order valence-corrected chi connectivity index (χ3v) is 28.6. The van der Waals surface area contributed by atoms with Crippen LogP contribution in [0.1, 0.15) is 283 Å². The van der Waals surface area contributed by atoms with Crippen molar-refractivity contribution in [3.63, 3.8) is 0 Å². The van der Waals surface area contributed by atoms with Gasteiger partial charge >= 0.3 is 0 Å².